The SMILES string of the molecule is O=C([O-])CSCC(NC(=O)c1ccccc1)C(=O)[O-]. The number of thioether (sulfide) groups is 1. The molecule has 0 spiro atoms. The molecule has 1 aromatic carbocycles. The van der Waals surface area contributed by atoms with E-state index < -0.39 is 23.9 Å². The number of hydrogen-bond acceptors (Lipinski definition) is 6. The van der Waals surface area contributed by atoms with Gasteiger partial charge in [-0.3, -0.25) is 4.79 Å². The van der Waals surface area contributed by atoms with Gasteiger partial charge in [-0.05, 0) is 12.1 Å². The standard InChI is InChI=1S/C12H13NO5S/c14-10(15)7-19-6-9(12(17)18)13-11(16)8-4-2-1-3-5-8/h1-5,9H,6-7H2,(H,13,16)(H,14,15)(H,17,18)/p-2. The van der Waals surface area contributed by atoms with Crippen LogP contribution in [0.1, 0.15) is 10.4 Å². The highest BCUT2D eigenvalue weighted by Crippen LogP contribution is 2.04. The van der Waals surface area contributed by atoms with E-state index in [9.17, 15) is 24.6 Å². The van der Waals surface area contributed by atoms with E-state index in [1.807, 2.05) is 0 Å². The average Bonchev–Trinajstić information content (AvgIpc) is 2.37. The van der Waals surface area contributed by atoms with Crippen molar-refractivity contribution in [3.63, 3.8) is 0 Å². The summed E-state index contributed by atoms with van der Waals surface area (Å²) in [5.74, 6) is -3.75. The summed E-state index contributed by atoms with van der Waals surface area (Å²) in [7, 11) is 0. The Bertz CT molecular complexity index is 462. The van der Waals surface area contributed by atoms with Crippen molar-refractivity contribution in [2.75, 3.05) is 11.5 Å². The van der Waals surface area contributed by atoms with Gasteiger partial charge >= 0.3 is 0 Å². The lowest BCUT2D eigenvalue weighted by molar-refractivity contribution is -0.307. The molecule has 0 saturated heterocycles. The fraction of sp³-hybridized carbons (Fsp3) is 0.250. The van der Waals surface area contributed by atoms with Crippen LogP contribution in [0, 0.1) is 0 Å². The summed E-state index contributed by atoms with van der Waals surface area (Å²) in [5, 5.41) is 23.3. The largest absolute Gasteiger partial charge is 0.549 e. The average molecular weight is 281 g/mol. The highest BCUT2D eigenvalue weighted by Gasteiger charge is 2.14. The van der Waals surface area contributed by atoms with Crippen LogP contribution in [0.5, 0.6) is 0 Å². The molecule has 1 N–H and O–H groups in total. The normalized spacial score (nSPS) is 11.6. The van der Waals surface area contributed by atoms with E-state index in [1.165, 1.54) is 12.1 Å². The van der Waals surface area contributed by atoms with Crippen LogP contribution in [0.25, 0.3) is 0 Å². The maximum Gasteiger partial charge on any atom is 0.251 e. The van der Waals surface area contributed by atoms with Gasteiger partial charge in [0.25, 0.3) is 5.91 Å². The first-order valence-electron chi connectivity index (χ1n) is 5.35. The highest BCUT2D eigenvalue weighted by molar-refractivity contribution is 8.00. The zero-order valence-electron chi connectivity index (χ0n) is 9.83. The summed E-state index contributed by atoms with van der Waals surface area (Å²) in [6.45, 7) is 0. The van der Waals surface area contributed by atoms with E-state index in [0.29, 0.717) is 5.56 Å². The molecule has 0 aromatic heterocycles. The molecule has 1 amide bonds. The van der Waals surface area contributed by atoms with Gasteiger partial charge in [0.05, 0.1) is 18.0 Å². The lowest BCUT2D eigenvalue weighted by Gasteiger charge is -2.19. The number of carboxylic acid groups (broad SMARTS) is 2. The zero-order valence-corrected chi connectivity index (χ0v) is 10.6. The summed E-state index contributed by atoms with van der Waals surface area (Å²) in [6.07, 6.45) is 0. The smallest absolute Gasteiger partial charge is 0.251 e. The van der Waals surface area contributed by atoms with Crippen LogP contribution in [-0.4, -0.2) is 35.4 Å². The number of rotatable bonds is 7. The van der Waals surface area contributed by atoms with Crippen LogP contribution in [0.4, 0.5) is 0 Å². The molecule has 6 nitrogen and oxygen atoms in total. The second-order valence-corrected chi connectivity index (χ2v) is 4.63. The summed E-state index contributed by atoms with van der Waals surface area (Å²) < 4.78 is 0. The fourth-order valence-electron chi connectivity index (χ4n) is 1.26. The molecular weight excluding hydrogens is 270 g/mol. The fourth-order valence-corrected chi connectivity index (χ4v) is 2.00. The van der Waals surface area contributed by atoms with Gasteiger partial charge in [-0.2, -0.15) is 11.8 Å². The van der Waals surface area contributed by atoms with E-state index in [1.54, 1.807) is 18.2 Å². The first kappa shape index (κ1) is 15.0. The Morgan fingerprint density at radius 1 is 1.16 bits per heavy atom. The third-order valence-electron chi connectivity index (χ3n) is 2.13. The number of carbonyl (C=O) groups is 3. The van der Waals surface area contributed by atoms with Crippen molar-refractivity contribution in [3.8, 4) is 0 Å². The molecule has 0 heterocycles. The van der Waals surface area contributed by atoms with Crippen molar-refractivity contribution >= 4 is 29.6 Å². The Morgan fingerprint density at radius 3 is 2.32 bits per heavy atom. The van der Waals surface area contributed by atoms with Crippen molar-refractivity contribution in [3.05, 3.63) is 35.9 Å². The molecule has 7 heteroatoms. The molecule has 1 rings (SSSR count). The van der Waals surface area contributed by atoms with E-state index in [2.05, 4.69) is 5.32 Å². The Hall–Kier alpha value is -2.02. The summed E-state index contributed by atoms with van der Waals surface area (Å²) in [4.78, 5) is 32.8. The van der Waals surface area contributed by atoms with Gasteiger partial charge in [0.2, 0.25) is 0 Å². The molecule has 1 aromatic rings. The lowest BCUT2D eigenvalue weighted by Crippen LogP contribution is -2.49. The molecule has 0 bridgehead atoms. The first-order valence-corrected chi connectivity index (χ1v) is 6.50. The van der Waals surface area contributed by atoms with Crippen LogP contribution in [-0.2, 0) is 9.59 Å². The molecule has 0 radical (unpaired) electrons. The maximum atomic E-state index is 11.7. The van der Waals surface area contributed by atoms with Gasteiger partial charge in [0, 0.05) is 17.1 Å². The monoisotopic (exact) mass is 281 g/mol. The minimum atomic E-state index is -1.46. The number of carbonyl (C=O) groups excluding carboxylic acids is 3. The molecule has 102 valence electrons. The quantitative estimate of drug-likeness (QED) is 0.620. The van der Waals surface area contributed by atoms with Crippen LogP contribution >= 0.6 is 11.8 Å². The van der Waals surface area contributed by atoms with Crippen LogP contribution in [0.15, 0.2) is 30.3 Å². The first-order chi connectivity index (χ1) is 9.00. The van der Waals surface area contributed by atoms with Gasteiger partial charge in [0.15, 0.2) is 0 Å². The number of nitrogens with one attached hydrogen (secondary N) is 1. The minimum Gasteiger partial charge on any atom is -0.549 e. The van der Waals surface area contributed by atoms with Crippen LogP contribution in [0.3, 0.4) is 0 Å². The van der Waals surface area contributed by atoms with Crippen LogP contribution in [0.2, 0.25) is 0 Å². The molecular formula is C12H11NO5S-2. The van der Waals surface area contributed by atoms with Crippen LogP contribution < -0.4 is 15.5 Å². The van der Waals surface area contributed by atoms with Crippen molar-refractivity contribution in [1.82, 2.24) is 5.32 Å². The predicted molar refractivity (Wildman–Crippen MR) is 65.0 cm³/mol. The number of hydrogen-bond donors (Lipinski definition) is 1. The van der Waals surface area contributed by atoms with Crippen molar-refractivity contribution in [2.45, 2.75) is 6.04 Å². The maximum absolute atomic E-state index is 11.7. The molecule has 0 saturated carbocycles. The van der Waals surface area contributed by atoms with Gasteiger partial charge in [-0.1, -0.05) is 18.2 Å². The Kier molecular flexibility index (Phi) is 5.87. The molecule has 1 atom stereocenters. The van der Waals surface area contributed by atoms with E-state index in [0.717, 1.165) is 11.8 Å². The second kappa shape index (κ2) is 7.42. The molecule has 0 aliphatic heterocycles. The Labute approximate surface area is 113 Å². The van der Waals surface area contributed by atoms with Gasteiger partial charge in [-0.15, -0.1) is 0 Å². The second-order valence-electron chi connectivity index (χ2n) is 3.60. The topological polar surface area (TPSA) is 109 Å². The molecule has 19 heavy (non-hydrogen) atoms. The zero-order chi connectivity index (χ0) is 14.3. The third kappa shape index (κ3) is 5.43. The minimum absolute atomic E-state index is 0.102. The lowest BCUT2D eigenvalue weighted by atomic mass is 10.2. The Morgan fingerprint density at radius 2 is 1.79 bits per heavy atom. The number of benzene rings is 1. The predicted octanol–water partition coefficient (Wildman–Crippen LogP) is -1.98. The number of amides is 1. The van der Waals surface area contributed by atoms with E-state index in [-0.39, 0.29) is 11.5 Å². The Balaban J connectivity index is 2.56. The third-order valence-corrected chi connectivity index (χ3v) is 3.14. The van der Waals surface area contributed by atoms with Gasteiger partial charge in [0.1, 0.15) is 0 Å². The number of aliphatic carboxylic acids is 2. The summed E-state index contributed by atoms with van der Waals surface area (Å²) in [6, 6.07) is 6.84. The molecule has 0 aliphatic carbocycles. The van der Waals surface area contributed by atoms with Crippen molar-refractivity contribution < 1.29 is 24.6 Å². The summed E-state index contributed by atoms with van der Waals surface area (Å²) >= 11 is 0.837. The summed E-state index contributed by atoms with van der Waals surface area (Å²) in [5.41, 5.74) is 0.318. The molecule has 0 fully saturated rings. The van der Waals surface area contributed by atoms with Gasteiger partial charge in [-0.25, -0.2) is 0 Å². The molecule has 0 aliphatic rings. The molecule has 1 unspecified atom stereocenters. The van der Waals surface area contributed by atoms with E-state index in [4.69, 9.17) is 0 Å². The number of carboxylic acids is 2. The van der Waals surface area contributed by atoms with Gasteiger partial charge < -0.3 is 25.1 Å². The highest BCUT2D eigenvalue weighted by atomic mass is 32.2. The van der Waals surface area contributed by atoms with Crippen molar-refractivity contribution in [1.29, 1.82) is 0 Å². The van der Waals surface area contributed by atoms with Crippen molar-refractivity contribution in [2.24, 2.45) is 0 Å². The van der Waals surface area contributed by atoms with E-state index >= 15 is 0 Å².